The number of alkyl halides is 1. The van der Waals surface area contributed by atoms with Crippen molar-refractivity contribution in [3.63, 3.8) is 0 Å². The van der Waals surface area contributed by atoms with Crippen molar-refractivity contribution >= 4 is 16.8 Å². The highest BCUT2D eigenvalue weighted by molar-refractivity contribution is 5.99. The van der Waals surface area contributed by atoms with E-state index in [4.69, 9.17) is 0 Å². The summed E-state index contributed by atoms with van der Waals surface area (Å²) >= 11 is 0. The van der Waals surface area contributed by atoms with E-state index in [2.05, 4.69) is 11.6 Å². The lowest BCUT2D eigenvalue weighted by molar-refractivity contribution is 0.0823. The molecule has 2 heterocycles. The molecule has 0 fully saturated rings. The number of hydrogen-bond acceptors (Lipinski definition) is 2. The molecule has 106 valence electrons. The van der Waals surface area contributed by atoms with E-state index in [1.54, 1.807) is 13.2 Å². The van der Waals surface area contributed by atoms with Gasteiger partial charge in [-0.25, -0.2) is 0 Å². The van der Waals surface area contributed by atoms with Crippen molar-refractivity contribution in [1.82, 2.24) is 14.5 Å². The maximum absolute atomic E-state index is 12.5. The third-order valence-electron chi connectivity index (χ3n) is 3.51. The molecule has 0 saturated heterocycles. The van der Waals surface area contributed by atoms with Gasteiger partial charge in [0.15, 0.2) is 0 Å². The summed E-state index contributed by atoms with van der Waals surface area (Å²) in [5.74, 6) is -0.193. The average Bonchev–Trinajstić information content (AvgIpc) is 2.76. The zero-order chi connectivity index (χ0) is 14.9. The lowest BCUT2D eigenvalue weighted by Crippen LogP contribution is -2.27. The molecule has 2 aromatic rings. The lowest BCUT2D eigenvalue weighted by atomic mass is 10.2. The Morgan fingerprint density at radius 2 is 2.25 bits per heavy atom. The van der Waals surface area contributed by atoms with Gasteiger partial charge in [0, 0.05) is 37.8 Å². The predicted octanol–water partition coefficient (Wildman–Crippen LogP) is 2.83. The van der Waals surface area contributed by atoms with Gasteiger partial charge >= 0.3 is 0 Å². The summed E-state index contributed by atoms with van der Waals surface area (Å²) in [5.41, 5.74) is 2.81. The number of rotatable bonds is 4. The Morgan fingerprint density at radius 3 is 2.85 bits per heavy atom. The Morgan fingerprint density at radius 1 is 1.55 bits per heavy atom. The summed E-state index contributed by atoms with van der Waals surface area (Å²) in [6, 6.07) is 3.70. The number of nitrogens with zero attached hydrogens (tertiary/aromatic N) is 3. The third kappa shape index (κ3) is 2.31. The van der Waals surface area contributed by atoms with Crippen LogP contribution in [0, 0.1) is 6.92 Å². The van der Waals surface area contributed by atoms with Crippen LogP contribution in [0.15, 0.2) is 30.6 Å². The normalized spacial score (nSPS) is 10.8. The molecule has 1 amide bonds. The number of aryl methyl sites for hydroxylation is 2. The van der Waals surface area contributed by atoms with Crippen molar-refractivity contribution in [2.75, 3.05) is 13.7 Å². The molecule has 0 aliphatic heterocycles. The van der Waals surface area contributed by atoms with Crippen LogP contribution >= 0.6 is 0 Å². The molecule has 2 rings (SSSR count). The highest BCUT2D eigenvalue weighted by Gasteiger charge is 2.19. The zero-order valence-electron chi connectivity index (χ0n) is 12.0. The minimum Gasteiger partial charge on any atom is -0.338 e. The Hall–Kier alpha value is -2.17. The molecule has 0 N–H and O–H groups in total. The molecule has 2 aromatic heterocycles. The molecular weight excluding hydrogens is 257 g/mol. The van der Waals surface area contributed by atoms with Crippen molar-refractivity contribution in [3.8, 4) is 0 Å². The van der Waals surface area contributed by atoms with Crippen molar-refractivity contribution in [1.29, 1.82) is 0 Å². The van der Waals surface area contributed by atoms with Crippen LogP contribution in [0.2, 0.25) is 0 Å². The summed E-state index contributed by atoms with van der Waals surface area (Å²) in [6.07, 6.45) is 1.88. The number of aromatic nitrogens is 2. The fraction of sp³-hybridized carbons (Fsp3) is 0.333. The van der Waals surface area contributed by atoms with Crippen molar-refractivity contribution in [2.45, 2.75) is 13.3 Å². The number of carbonyl (C=O) groups excluding carboxylic acids is 1. The maximum atomic E-state index is 12.5. The number of fused-ring (bicyclic) bond motifs is 1. The first-order chi connectivity index (χ1) is 9.47. The van der Waals surface area contributed by atoms with Crippen LogP contribution in [0.5, 0.6) is 0 Å². The van der Waals surface area contributed by atoms with Gasteiger partial charge in [-0.05, 0) is 19.1 Å². The molecule has 0 aliphatic rings. The van der Waals surface area contributed by atoms with Crippen LogP contribution in [0.3, 0.4) is 0 Å². The van der Waals surface area contributed by atoms with Crippen LogP contribution in [0.4, 0.5) is 4.39 Å². The van der Waals surface area contributed by atoms with Crippen molar-refractivity contribution in [2.24, 2.45) is 7.05 Å². The summed E-state index contributed by atoms with van der Waals surface area (Å²) in [4.78, 5) is 18.1. The van der Waals surface area contributed by atoms with E-state index >= 15 is 0 Å². The molecule has 0 aliphatic carbocycles. The average molecular weight is 275 g/mol. The summed E-state index contributed by atoms with van der Waals surface area (Å²) < 4.78 is 14.2. The van der Waals surface area contributed by atoms with Gasteiger partial charge < -0.3 is 9.47 Å². The Kier molecular flexibility index (Phi) is 3.88. The Balaban J connectivity index is 2.43. The van der Waals surface area contributed by atoms with E-state index in [0.29, 0.717) is 11.4 Å². The molecule has 0 saturated carbocycles. The first kappa shape index (κ1) is 14.2. The van der Waals surface area contributed by atoms with Gasteiger partial charge in [-0.3, -0.25) is 14.2 Å². The number of halogens is 1. The van der Waals surface area contributed by atoms with E-state index in [-0.39, 0.29) is 12.3 Å². The minimum absolute atomic E-state index is 0.159. The second-order valence-corrected chi connectivity index (χ2v) is 4.79. The van der Waals surface area contributed by atoms with E-state index < -0.39 is 6.67 Å². The van der Waals surface area contributed by atoms with Gasteiger partial charge in [0.05, 0.1) is 17.9 Å². The first-order valence-corrected chi connectivity index (χ1v) is 6.40. The lowest BCUT2D eigenvalue weighted by Gasteiger charge is -2.19. The van der Waals surface area contributed by atoms with Gasteiger partial charge in [-0.15, -0.1) is 0 Å². The van der Waals surface area contributed by atoms with Crippen LogP contribution in [0.1, 0.15) is 22.6 Å². The highest BCUT2D eigenvalue weighted by atomic mass is 19.1. The van der Waals surface area contributed by atoms with Gasteiger partial charge in [-0.1, -0.05) is 6.58 Å². The molecule has 5 heteroatoms. The standard InChI is InChI=1S/C15H18FN3O/c1-10(5-7-16)18(3)15(20)13-9-12-6-8-17-11(2)14(12)19(13)4/h6,8-9H,1,5,7H2,2-4H3. The van der Waals surface area contributed by atoms with Crippen LogP contribution in [-0.2, 0) is 7.05 Å². The second-order valence-electron chi connectivity index (χ2n) is 4.79. The first-order valence-electron chi connectivity index (χ1n) is 6.40. The Bertz CT molecular complexity index is 675. The van der Waals surface area contributed by atoms with E-state index in [0.717, 1.165) is 16.6 Å². The summed E-state index contributed by atoms with van der Waals surface area (Å²) in [5, 5.41) is 0.966. The fourth-order valence-electron chi connectivity index (χ4n) is 2.29. The van der Waals surface area contributed by atoms with Gasteiger partial charge in [0.25, 0.3) is 5.91 Å². The largest absolute Gasteiger partial charge is 0.338 e. The molecule has 0 aromatic carbocycles. The second kappa shape index (κ2) is 5.45. The maximum Gasteiger partial charge on any atom is 0.274 e. The van der Waals surface area contributed by atoms with Crippen molar-refractivity contribution < 1.29 is 9.18 Å². The van der Waals surface area contributed by atoms with Gasteiger partial charge in [0.2, 0.25) is 0 Å². The van der Waals surface area contributed by atoms with Crippen LogP contribution in [-0.4, -0.2) is 34.1 Å². The quantitative estimate of drug-likeness (QED) is 0.860. The number of carbonyl (C=O) groups is 1. The zero-order valence-corrected chi connectivity index (χ0v) is 12.0. The molecule has 4 nitrogen and oxygen atoms in total. The minimum atomic E-state index is -0.519. The molecule has 0 radical (unpaired) electrons. The molecule has 20 heavy (non-hydrogen) atoms. The topological polar surface area (TPSA) is 38.1 Å². The van der Waals surface area contributed by atoms with E-state index in [1.807, 2.05) is 30.7 Å². The fourth-order valence-corrected chi connectivity index (χ4v) is 2.29. The number of hydrogen-bond donors (Lipinski definition) is 0. The molecule has 0 atom stereocenters. The number of pyridine rings is 1. The van der Waals surface area contributed by atoms with Crippen LogP contribution in [0.25, 0.3) is 10.9 Å². The van der Waals surface area contributed by atoms with Crippen LogP contribution < -0.4 is 0 Å². The Labute approximate surface area is 117 Å². The summed E-state index contributed by atoms with van der Waals surface area (Å²) in [7, 11) is 3.44. The van der Waals surface area contributed by atoms with E-state index in [1.165, 1.54) is 4.90 Å². The number of allylic oxidation sites excluding steroid dienone is 1. The smallest absolute Gasteiger partial charge is 0.274 e. The van der Waals surface area contributed by atoms with Crippen molar-refractivity contribution in [3.05, 3.63) is 42.0 Å². The molecule has 0 bridgehead atoms. The molecule has 0 spiro atoms. The summed E-state index contributed by atoms with van der Waals surface area (Å²) in [6.45, 7) is 5.12. The number of amides is 1. The third-order valence-corrected chi connectivity index (χ3v) is 3.51. The molecular formula is C15H18FN3O. The van der Waals surface area contributed by atoms with Gasteiger partial charge in [-0.2, -0.15) is 0 Å². The van der Waals surface area contributed by atoms with E-state index in [9.17, 15) is 9.18 Å². The SMILES string of the molecule is C=C(CCF)N(C)C(=O)c1cc2ccnc(C)c2n1C. The monoisotopic (exact) mass is 275 g/mol. The van der Waals surface area contributed by atoms with Gasteiger partial charge in [0.1, 0.15) is 5.69 Å². The highest BCUT2D eigenvalue weighted by Crippen LogP contribution is 2.22. The predicted molar refractivity (Wildman–Crippen MR) is 77.3 cm³/mol. The molecule has 0 unspecified atom stereocenters.